The number of nitrogens with zero attached hydrogens (tertiary/aromatic N) is 4. The van der Waals surface area contributed by atoms with Crippen LogP contribution in [0.2, 0.25) is 5.02 Å². The molecule has 0 unspecified atom stereocenters. The third-order valence-corrected chi connectivity index (χ3v) is 2.83. The van der Waals surface area contributed by atoms with E-state index in [0.29, 0.717) is 28.9 Å². The topological polar surface area (TPSA) is 81.9 Å². The fraction of sp³-hybridized carbons (Fsp3) is 0.333. The van der Waals surface area contributed by atoms with Crippen molar-refractivity contribution in [2.45, 2.75) is 13.5 Å². The number of nitrogens with one attached hydrogen (secondary N) is 1. The maximum absolute atomic E-state index is 12.0. The molecule has 2 rings (SSSR count). The number of amides is 1. The highest BCUT2D eigenvalue weighted by atomic mass is 35.5. The zero-order valence-electron chi connectivity index (χ0n) is 11.1. The van der Waals surface area contributed by atoms with Crippen LogP contribution in [-0.2, 0) is 13.6 Å². The highest BCUT2D eigenvalue weighted by molar-refractivity contribution is 6.32. The molecule has 0 aliphatic heterocycles. The van der Waals surface area contributed by atoms with Crippen molar-refractivity contribution in [1.82, 2.24) is 25.1 Å². The Bertz CT molecular complexity index is 614. The Hall–Kier alpha value is -2.15. The monoisotopic (exact) mass is 295 g/mol. The average molecular weight is 296 g/mol. The van der Waals surface area contributed by atoms with Crippen molar-refractivity contribution >= 4 is 17.5 Å². The summed E-state index contributed by atoms with van der Waals surface area (Å²) in [6.07, 6.45) is 2.99. The molecule has 0 radical (unpaired) electrons. The van der Waals surface area contributed by atoms with Crippen LogP contribution in [0.4, 0.5) is 0 Å². The minimum absolute atomic E-state index is 0.278. The molecular formula is C12H14ClN5O2. The highest BCUT2D eigenvalue weighted by Crippen LogP contribution is 2.22. The normalized spacial score (nSPS) is 10.3. The van der Waals surface area contributed by atoms with Crippen molar-refractivity contribution in [2.24, 2.45) is 7.05 Å². The first kappa shape index (κ1) is 14.3. The summed E-state index contributed by atoms with van der Waals surface area (Å²) in [4.78, 5) is 16.0. The summed E-state index contributed by atoms with van der Waals surface area (Å²) >= 11 is 5.98. The lowest BCUT2D eigenvalue weighted by Gasteiger charge is -2.07. The number of ether oxygens (including phenoxy) is 1. The summed E-state index contributed by atoms with van der Waals surface area (Å²) < 4.78 is 6.94. The van der Waals surface area contributed by atoms with Gasteiger partial charge in [0.05, 0.1) is 18.7 Å². The van der Waals surface area contributed by atoms with Gasteiger partial charge in [-0.3, -0.25) is 4.79 Å². The second kappa shape index (κ2) is 6.33. The molecular weight excluding hydrogens is 282 g/mol. The molecule has 0 aromatic carbocycles. The fourth-order valence-corrected chi connectivity index (χ4v) is 1.74. The molecule has 0 aliphatic carbocycles. The number of carbonyl (C=O) groups excluding carboxylic acids is 1. The van der Waals surface area contributed by atoms with E-state index in [0.717, 1.165) is 0 Å². The summed E-state index contributed by atoms with van der Waals surface area (Å²) in [7, 11) is 1.80. The van der Waals surface area contributed by atoms with E-state index in [1.165, 1.54) is 12.3 Å². The molecule has 0 saturated heterocycles. The summed E-state index contributed by atoms with van der Waals surface area (Å²) in [6, 6.07) is 1.52. The molecule has 0 bridgehead atoms. The van der Waals surface area contributed by atoms with Crippen LogP contribution in [-0.4, -0.2) is 32.3 Å². The minimum Gasteiger partial charge on any atom is -0.477 e. The molecule has 1 N–H and O–H groups in total. The molecule has 20 heavy (non-hydrogen) atoms. The van der Waals surface area contributed by atoms with E-state index in [1.807, 2.05) is 6.92 Å². The Kier molecular flexibility index (Phi) is 4.52. The Morgan fingerprint density at radius 2 is 2.35 bits per heavy atom. The van der Waals surface area contributed by atoms with Gasteiger partial charge in [-0.15, -0.1) is 10.2 Å². The number of aromatic nitrogens is 4. The molecule has 7 nitrogen and oxygen atoms in total. The van der Waals surface area contributed by atoms with E-state index in [4.69, 9.17) is 16.3 Å². The van der Waals surface area contributed by atoms with Gasteiger partial charge in [0.15, 0.2) is 5.82 Å². The van der Waals surface area contributed by atoms with E-state index in [9.17, 15) is 4.79 Å². The van der Waals surface area contributed by atoms with Crippen molar-refractivity contribution in [2.75, 3.05) is 6.61 Å². The second-order valence-corrected chi connectivity index (χ2v) is 4.39. The number of halogens is 1. The SMILES string of the molecule is CCOc1ncc(C(=O)NCc2nncn2C)cc1Cl. The van der Waals surface area contributed by atoms with Crippen LogP contribution in [0.15, 0.2) is 18.6 Å². The van der Waals surface area contributed by atoms with Crippen LogP contribution in [0.5, 0.6) is 5.88 Å². The molecule has 8 heteroatoms. The van der Waals surface area contributed by atoms with Gasteiger partial charge >= 0.3 is 0 Å². The van der Waals surface area contributed by atoms with E-state index >= 15 is 0 Å². The maximum Gasteiger partial charge on any atom is 0.253 e. The third kappa shape index (κ3) is 3.24. The molecule has 0 aliphatic rings. The molecule has 0 saturated carbocycles. The average Bonchev–Trinajstić information content (AvgIpc) is 2.84. The Morgan fingerprint density at radius 3 is 2.95 bits per heavy atom. The van der Waals surface area contributed by atoms with Crippen molar-refractivity contribution in [3.05, 3.63) is 35.0 Å². The van der Waals surface area contributed by atoms with Crippen molar-refractivity contribution in [1.29, 1.82) is 0 Å². The van der Waals surface area contributed by atoms with Crippen molar-refractivity contribution < 1.29 is 9.53 Å². The van der Waals surface area contributed by atoms with Crippen LogP contribution in [0.1, 0.15) is 23.1 Å². The van der Waals surface area contributed by atoms with Crippen molar-refractivity contribution in [3.63, 3.8) is 0 Å². The summed E-state index contributed by atoms with van der Waals surface area (Å²) in [5.74, 6) is 0.688. The van der Waals surface area contributed by atoms with Crippen LogP contribution in [0.25, 0.3) is 0 Å². The molecule has 106 valence electrons. The first-order valence-corrected chi connectivity index (χ1v) is 6.39. The van der Waals surface area contributed by atoms with Crippen LogP contribution >= 0.6 is 11.6 Å². The van der Waals surface area contributed by atoms with E-state index in [-0.39, 0.29) is 12.5 Å². The van der Waals surface area contributed by atoms with Gasteiger partial charge in [-0.05, 0) is 13.0 Å². The number of hydrogen-bond acceptors (Lipinski definition) is 5. The van der Waals surface area contributed by atoms with Gasteiger partial charge < -0.3 is 14.6 Å². The lowest BCUT2D eigenvalue weighted by atomic mass is 10.2. The molecule has 2 heterocycles. The highest BCUT2D eigenvalue weighted by Gasteiger charge is 2.11. The zero-order chi connectivity index (χ0) is 14.5. The number of aryl methyl sites for hydroxylation is 1. The zero-order valence-corrected chi connectivity index (χ0v) is 11.9. The first-order valence-electron chi connectivity index (χ1n) is 6.01. The van der Waals surface area contributed by atoms with Gasteiger partial charge in [0.1, 0.15) is 11.3 Å². The molecule has 2 aromatic rings. The largest absolute Gasteiger partial charge is 0.477 e. The van der Waals surface area contributed by atoms with Gasteiger partial charge in [0.2, 0.25) is 5.88 Å². The van der Waals surface area contributed by atoms with Gasteiger partial charge in [0, 0.05) is 13.2 Å². The summed E-state index contributed by atoms with van der Waals surface area (Å²) in [5.41, 5.74) is 0.362. The number of hydrogen-bond donors (Lipinski definition) is 1. The molecule has 0 spiro atoms. The van der Waals surface area contributed by atoms with Crippen LogP contribution < -0.4 is 10.1 Å². The summed E-state index contributed by atoms with van der Waals surface area (Å²) in [6.45, 7) is 2.57. The van der Waals surface area contributed by atoms with E-state index in [1.54, 1.807) is 17.9 Å². The predicted molar refractivity (Wildman–Crippen MR) is 72.6 cm³/mol. The lowest BCUT2D eigenvalue weighted by Crippen LogP contribution is -2.24. The third-order valence-electron chi connectivity index (χ3n) is 2.56. The van der Waals surface area contributed by atoms with Gasteiger partial charge in [0.25, 0.3) is 5.91 Å². The smallest absolute Gasteiger partial charge is 0.253 e. The molecule has 2 aromatic heterocycles. The maximum atomic E-state index is 12.0. The number of carbonyl (C=O) groups is 1. The van der Waals surface area contributed by atoms with Gasteiger partial charge in [-0.2, -0.15) is 0 Å². The van der Waals surface area contributed by atoms with Gasteiger partial charge in [-0.1, -0.05) is 11.6 Å². The molecule has 0 atom stereocenters. The second-order valence-electron chi connectivity index (χ2n) is 3.98. The number of rotatable bonds is 5. The molecule has 0 fully saturated rings. The fourth-order valence-electron chi connectivity index (χ4n) is 1.52. The standard InChI is InChI=1S/C12H14ClN5O2/c1-3-20-12-9(13)4-8(5-15-12)11(19)14-6-10-17-16-7-18(10)2/h4-5,7H,3,6H2,1-2H3,(H,14,19). The van der Waals surface area contributed by atoms with Crippen molar-refractivity contribution in [3.8, 4) is 5.88 Å². The van der Waals surface area contributed by atoms with Gasteiger partial charge in [-0.25, -0.2) is 4.98 Å². The quantitative estimate of drug-likeness (QED) is 0.896. The summed E-state index contributed by atoms with van der Waals surface area (Å²) in [5, 5.41) is 10.6. The minimum atomic E-state index is -0.287. The molecule has 1 amide bonds. The Balaban J connectivity index is 2.02. The lowest BCUT2D eigenvalue weighted by molar-refractivity contribution is 0.0949. The predicted octanol–water partition coefficient (Wildman–Crippen LogP) is 1.19. The first-order chi connectivity index (χ1) is 9.61. The Labute approximate surface area is 120 Å². The van der Waals surface area contributed by atoms with Crippen LogP contribution in [0, 0.1) is 0 Å². The number of pyridine rings is 1. The Morgan fingerprint density at radius 1 is 1.55 bits per heavy atom. The van der Waals surface area contributed by atoms with E-state index in [2.05, 4.69) is 20.5 Å². The van der Waals surface area contributed by atoms with Crippen LogP contribution in [0.3, 0.4) is 0 Å². The van der Waals surface area contributed by atoms with E-state index < -0.39 is 0 Å².